The Kier molecular flexibility index (Phi) is 15.7. The van der Waals surface area contributed by atoms with Crippen LogP contribution in [-0.2, 0) is 14.3 Å². The number of carbonyl (C=O) groups excluding carboxylic acids is 2. The first-order valence-corrected chi connectivity index (χ1v) is 17.3. The summed E-state index contributed by atoms with van der Waals surface area (Å²) >= 11 is 0. The number of benzene rings is 1. The van der Waals surface area contributed by atoms with Crippen molar-refractivity contribution in [1.29, 1.82) is 0 Å². The lowest BCUT2D eigenvalue weighted by molar-refractivity contribution is -0.166. The molecule has 2 bridgehead atoms. The van der Waals surface area contributed by atoms with Crippen LogP contribution in [0.5, 0.6) is 0 Å². The number of hydrogen-bond donors (Lipinski definition) is 0. The zero-order valence-electron chi connectivity index (χ0n) is 26.5. The summed E-state index contributed by atoms with van der Waals surface area (Å²) in [7, 11) is 0. The van der Waals surface area contributed by atoms with Gasteiger partial charge < -0.3 is 14.4 Å². The molecule has 5 atom stereocenters. The van der Waals surface area contributed by atoms with E-state index in [4.69, 9.17) is 9.47 Å². The summed E-state index contributed by atoms with van der Waals surface area (Å²) in [5, 5.41) is 0. The van der Waals surface area contributed by atoms with E-state index in [-0.39, 0.29) is 18.1 Å². The van der Waals surface area contributed by atoms with Gasteiger partial charge in [-0.1, -0.05) is 127 Å². The van der Waals surface area contributed by atoms with Crippen molar-refractivity contribution >= 4 is 12.1 Å². The fraction of sp³-hybridized carbons (Fsp3) is 0.778. The third-order valence-electron chi connectivity index (χ3n) is 9.54. The Morgan fingerprint density at radius 1 is 0.756 bits per heavy atom. The Hall–Kier alpha value is -2.04. The van der Waals surface area contributed by atoms with Crippen LogP contribution in [0, 0.1) is 11.8 Å². The standard InChI is InChI=1S/C36H59NO4/c1-4-6-7-8-9-10-11-12-13-14-15-16-17-18-22-25-33(38)40-29(3)41-36(39)37(5-2)35-32-27-26-31(28-32)34(35)30-23-20-19-21-24-30/h19-21,23-24,29,31-32,34-35H,4-18,22,25-28H2,1-3H3. The minimum atomic E-state index is -0.867. The molecule has 0 heterocycles. The van der Waals surface area contributed by atoms with Crippen LogP contribution in [0.25, 0.3) is 0 Å². The topological polar surface area (TPSA) is 55.8 Å². The molecule has 2 saturated carbocycles. The van der Waals surface area contributed by atoms with E-state index in [1.807, 2.05) is 17.9 Å². The number of esters is 1. The third kappa shape index (κ3) is 11.3. The second-order valence-electron chi connectivity index (χ2n) is 12.7. The molecule has 5 unspecified atom stereocenters. The maximum Gasteiger partial charge on any atom is 0.413 e. The lowest BCUT2D eigenvalue weighted by atomic mass is 9.79. The normalized spacial score (nSPS) is 22.0. The van der Waals surface area contributed by atoms with E-state index in [0.29, 0.717) is 30.7 Å². The van der Waals surface area contributed by atoms with Crippen LogP contribution in [-0.4, -0.2) is 35.8 Å². The predicted octanol–water partition coefficient (Wildman–Crippen LogP) is 10.2. The van der Waals surface area contributed by atoms with Crippen LogP contribution >= 0.6 is 0 Å². The molecule has 5 nitrogen and oxygen atoms in total. The molecular weight excluding hydrogens is 510 g/mol. The fourth-order valence-electron chi connectivity index (χ4n) is 7.43. The highest BCUT2D eigenvalue weighted by Gasteiger charge is 2.51. The molecule has 2 aliphatic rings. The Morgan fingerprint density at radius 2 is 1.29 bits per heavy atom. The van der Waals surface area contributed by atoms with Gasteiger partial charge in [-0.15, -0.1) is 0 Å². The maximum atomic E-state index is 13.2. The molecule has 3 rings (SSSR count). The number of amides is 1. The summed E-state index contributed by atoms with van der Waals surface area (Å²) in [6, 6.07) is 10.8. The van der Waals surface area contributed by atoms with Crippen LogP contribution in [0.15, 0.2) is 30.3 Å². The van der Waals surface area contributed by atoms with Crippen molar-refractivity contribution < 1.29 is 19.1 Å². The number of hydrogen-bond acceptors (Lipinski definition) is 4. The number of unbranched alkanes of at least 4 members (excludes halogenated alkanes) is 14. The largest absolute Gasteiger partial charge is 0.425 e. The second-order valence-corrected chi connectivity index (χ2v) is 12.7. The molecule has 0 radical (unpaired) electrons. The number of nitrogens with zero attached hydrogens (tertiary/aromatic N) is 1. The molecule has 0 spiro atoms. The zero-order chi connectivity index (χ0) is 29.3. The van der Waals surface area contributed by atoms with Crippen LogP contribution in [0.4, 0.5) is 4.79 Å². The molecule has 1 aromatic carbocycles. The highest BCUT2D eigenvalue weighted by molar-refractivity contribution is 5.71. The SMILES string of the molecule is CCCCCCCCCCCCCCCCCC(=O)OC(C)OC(=O)N(CC)C1C2CCC(C2)C1c1ccccc1. The zero-order valence-corrected chi connectivity index (χ0v) is 26.5. The molecule has 2 aliphatic carbocycles. The molecular formula is C36H59NO4. The van der Waals surface area contributed by atoms with Crippen molar-refractivity contribution in [3.8, 4) is 0 Å². The number of fused-ring (bicyclic) bond motifs is 2. The molecule has 0 aliphatic heterocycles. The van der Waals surface area contributed by atoms with Gasteiger partial charge in [-0.25, -0.2) is 4.79 Å². The van der Waals surface area contributed by atoms with Crippen molar-refractivity contribution in [2.45, 2.75) is 161 Å². The Balaban J connectivity index is 1.24. The Labute approximate surface area is 251 Å². The molecule has 5 heteroatoms. The van der Waals surface area contributed by atoms with Gasteiger partial charge in [0.25, 0.3) is 0 Å². The first-order valence-electron chi connectivity index (χ1n) is 17.3. The van der Waals surface area contributed by atoms with E-state index in [0.717, 1.165) is 12.8 Å². The van der Waals surface area contributed by atoms with Crippen molar-refractivity contribution in [3.63, 3.8) is 0 Å². The number of carbonyl (C=O) groups is 2. The van der Waals surface area contributed by atoms with Gasteiger partial charge in [0, 0.05) is 31.8 Å². The van der Waals surface area contributed by atoms with E-state index in [9.17, 15) is 9.59 Å². The van der Waals surface area contributed by atoms with Gasteiger partial charge >= 0.3 is 12.1 Å². The average molecular weight is 570 g/mol. The maximum absolute atomic E-state index is 13.2. The predicted molar refractivity (Wildman–Crippen MR) is 168 cm³/mol. The van der Waals surface area contributed by atoms with E-state index in [1.54, 1.807) is 6.92 Å². The van der Waals surface area contributed by atoms with E-state index < -0.39 is 6.29 Å². The monoisotopic (exact) mass is 569 g/mol. The van der Waals surface area contributed by atoms with Crippen LogP contribution in [0.1, 0.15) is 154 Å². The van der Waals surface area contributed by atoms with Crippen molar-refractivity contribution in [2.24, 2.45) is 11.8 Å². The highest BCUT2D eigenvalue weighted by Crippen LogP contribution is 2.55. The van der Waals surface area contributed by atoms with Crippen LogP contribution in [0.3, 0.4) is 0 Å². The van der Waals surface area contributed by atoms with Crippen molar-refractivity contribution in [2.75, 3.05) is 6.54 Å². The van der Waals surface area contributed by atoms with Gasteiger partial charge in [0.1, 0.15) is 0 Å². The van der Waals surface area contributed by atoms with Gasteiger partial charge in [-0.2, -0.15) is 0 Å². The second kappa shape index (κ2) is 19.2. The van der Waals surface area contributed by atoms with E-state index in [2.05, 4.69) is 31.2 Å². The molecule has 41 heavy (non-hydrogen) atoms. The molecule has 0 N–H and O–H groups in total. The summed E-state index contributed by atoms with van der Waals surface area (Å²) in [5.74, 6) is 1.22. The summed E-state index contributed by atoms with van der Waals surface area (Å²) in [6.45, 7) is 6.54. The molecule has 0 aromatic heterocycles. The molecule has 1 aromatic rings. The van der Waals surface area contributed by atoms with Crippen LogP contribution in [0.2, 0.25) is 0 Å². The van der Waals surface area contributed by atoms with Gasteiger partial charge in [0.2, 0.25) is 6.29 Å². The summed E-state index contributed by atoms with van der Waals surface area (Å²) in [4.78, 5) is 27.5. The number of likely N-dealkylation sites (N-methyl/N-ethyl adjacent to an activating group) is 1. The van der Waals surface area contributed by atoms with E-state index in [1.165, 1.54) is 108 Å². The van der Waals surface area contributed by atoms with Crippen molar-refractivity contribution in [3.05, 3.63) is 35.9 Å². The lowest BCUT2D eigenvalue weighted by Gasteiger charge is -2.39. The third-order valence-corrected chi connectivity index (χ3v) is 9.54. The average Bonchev–Trinajstić information content (AvgIpc) is 3.58. The van der Waals surface area contributed by atoms with Crippen LogP contribution < -0.4 is 0 Å². The summed E-state index contributed by atoms with van der Waals surface area (Å²) < 4.78 is 11.1. The minimum absolute atomic E-state index is 0.150. The minimum Gasteiger partial charge on any atom is -0.425 e. The first-order chi connectivity index (χ1) is 20.0. The molecule has 232 valence electrons. The van der Waals surface area contributed by atoms with Gasteiger partial charge in [0.15, 0.2) is 0 Å². The number of ether oxygens (including phenoxy) is 2. The van der Waals surface area contributed by atoms with Gasteiger partial charge in [-0.05, 0) is 50.0 Å². The number of rotatable bonds is 21. The van der Waals surface area contributed by atoms with E-state index >= 15 is 0 Å². The highest BCUT2D eigenvalue weighted by atomic mass is 16.7. The summed E-state index contributed by atoms with van der Waals surface area (Å²) in [5.41, 5.74) is 1.32. The van der Waals surface area contributed by atoms with Gasteiger partial charge in [-0.3, -0.25) is 4.79 Å². The van der Waals surface area contributed by atoms with Crippen molar-refractivity contribution in [1.82, 2.24) is 4.90 Å². The Bertz CT molecular complexity index is 858. The molecule has 2 fully saturated rings. The smallest absolute Gasteiger partial charge is 0.413 e. The first kappa shape index (κ1) is 33.5. The summed E-state index contributed by atoms with van der Waals surface area (Å²) in [6.07, 6.45) is 22.2. The fourth-order valence-corrected chi connectivity index (χ4v) is 7.43. The Morgan fingerprint density at radius 3 is 1.85 bits per heavy atom. The lowest BCUT2D eigenvalue weighted by Crippen LogP contribution is -2.47. The van der Waals surface area contributed by atoms with Gasteiger partial charge in [0.05, 0.1) is 0 Å². The molecule has 1 amide bonds. The quantitative estimate of drug-likeness (QED) is 0.0839. The molecule has 0 saturated heterocycles.